The molecule has 1 aliphatic rings. The molecule has 2 nitrogen and oxygen atoms in total. The first-order chi connectivity index (χ1) is 2.89. The summed E-state index contributed by atoms with van der Waals surface area (Å²) in [5.41, 5.74) is 0. The second kappa shape index (κ2) is 1.47. The Bertz CT molecular complexity index is 73.2. The zero-order valence-corrected chi connectivity index (χ0v) is 3.72. The van der Waals surface area contributed by atoms with Crippen molar-refractivity contribution in [2.24, 2.45) is 5.16 Å². The zero-order valence-electron chi connectivity index (χ0n) is 2.97. The molecule has 0 aromatic carbocycles. The lowest BCUT2D eigenvalue weighted by Gasteiger charge is -1.82. The molecule has 0 saturated carbocycles. The van der Waals surface area contributed by atoms with Gasteiger partial charge in [-0.2, -0.15) is 0 Å². The summed E-state index contributed by atoms with van der Waals surface area (Å²) in [6.07, 6.45) is 1.52. The van der Waals surface area contributed by atoms with Crippen LogP contribution in [-0.4, -0.2) is 11.6 Å². The Labute approximate surface area is 40.7 Å². The quantitative estimate of drug-likeness (QED) is 0.416. The van der Waals surface area contributed by atoms with E-state index in [1.54, 1.807) is 0 Å². The van der Waals surface area contributed by atoms with Gasteiger partial charge in [0.25, 0.3) is 0 Å². The maximum absolute atomic E-state index is 5.38. The molecule has 0 N–H and O–H groups in total. The van der Waals surface area contributed by atoms with Crippen LogP contribution in [0.4, 0.5) is 0 Å². The minimum atomic E-state index is -0.120. The molecule has 1 radical (unpaired) electrons. The number of nitrogens with zero attached hydrogens (tertiary/aromatic N) is 1. The van der Waals surface area contributed by atoms with Gasteiger partial charge in [0.15, 0.2) is 6.61 Å². The van der Waals surface area contributed by atoms with Crippen LogP contribution in [0.3, 0.4) is 0 Å². The van der Waals surface area contributed by atoms with Crippen LogP contribution in [0, 0.1) is 6.61 Å². The SMILES string of the molecule is ClC1[CH]ON=C1. The standard InChI is InChI=1S/C3H3ClNO/c4-3-1-5-6-2-3/h1-3H. The molecule has 1 aliphatic heterocycles. The summed E-state index contributed by atoms with van der Waals surface area (Å²) < 4.78 is 0. The van der Waals surface area contributed by atoms with Gasteiger partial charge in [-0.15, -0.1) is 11.6 Å². The van der Waals surface area contributed by atoms with Gasteiger partial charge in [-0.05, 0) is 0 Å². The van der Waals surface area contributed by atoms with Crippen LogP contribution in [0.1, 0.15) is 0 Å². The molecule has 6 heavy (non-hydrogen) atoms. The third-order valence-corrected chi connectivity index (χ3v) is 0.671. The van der Waals surface area contributed by atoms with Crippen molar-refractivity contribution in [3.05, 3.63) is 6.61 Å². The summed E-state index contributed by atoms with van der Waals surface area (Å²) >= 11 is 5.38. The molecular weight excluding hydrogens is 101 g/mol. The van der Waals surface area contributed by atoms with Gasteiger partial charge < -0.3 is 4.84 Å². The van der Waals surface area contributed by atoms with E-state index in [-0.39, 0.29) is 5.38 Å². The van der Waals surface area contributed by atoms with Gasteiger partial charge in [-0.25, -0.2) is 0 Å². The number of alkyl halides is 1. The van der Waals surface area contributed by atoms with Crippen LogP contribution in [0.25, 0.3) is 0 Å². The summed E-state index contributed by atoms with van der Waals surface area (Å²) in [6.45, 7) is 1.45. The molecule has 0 saturated heterocycles. The normalized spacial score (nSPS) is 30.5. The lowest BCUT2D eigenvalue weighted by molar-refractivity contribution is 0.235. The Morgan fingerprint density at radius 2 is 2.67 bits per heavy atom. The second-order valence-electron chi connectivity index (χ2n) is 0.940. The largest absolute Gasteiger partial charge is 0.387 e. The van der Waals surface area contributed by atoms with Gasteiger partial charge in [-0.1, -0.05) is 5.16 Å². The first-order valence-corrected chi connectivity index (χ1v) is 2.00. The molecule has 0 aromatic rings. The molecule has 0 spiro atoms. The molecule has 0 aromatic heterocycles. The Morgan fingerprint density at radius 1 is 1.83 bits per heavy atom. The van der Waals surface area contributed by atoms with Crippen molar-refractivity contribution in [3.8, 4) is 0 Å². The fourth-order valence-electron chi connectivity index (χ4n) is 0.222. The minimum absolute atomic E-state index is 0.120. The van der Waals surface area contributed by atoms with E-state index in [9.17, 15) is 0 Å². The molecule has 1 atom stereocenters. The highest BCUT2D eigenvalue weighted by atomic mass is 35.5. The van der Waals surface area contributed by atoms with E-state index in [1.165, 1.54) is 12.8 Å². The Morgan fingerprint density at radius 3 is 2.83 bits per heavy atom. The van der Waals surface area contributed by atoms with Crippen molar-refractivity contribution in [1.29, 1.82) is 0 Å². The van der Waals surface area contributed by atoms with Gasteiger partial charge in [0.1, 0.15) is 5.38 Å². The third kappa shape index (κ3) is 0.627. The molecule has 3 heteroatoms. The zero-order chi connectivity index (χ0) is 4.41. The summed E-state index contributed by atoms with van der Waals surface area (Å²) in [6, 6.07) is 0. The van der Waals surface area contributed by atoms with E-state index in [1.807, 2.05) is 0 Å². The van der Waals surface area contributed by atoms with Crippen LogP contribution in [0.15, 0.2) is 5.16 Å². The van der Waals surface area contributed by atoms with Crippen LogP contribution in [-0.2, 0) is 4.84 Å². The van der Waals surface area contributed by atoms with Crippen molar-refractivity contribution in [2.45, 2.75) is 5.38 Å². The molecular formula is C3H3ClNO. The van der Waals surface area contributed by atoms with Crippen molar-refractivity contribution in [3.63, 3.8) is 0 Å². The average Bonchev–Trinajstić information content (AvgIpc) is 1.86. The third-order valence-electron chi connectivity index (χ3n) is 0.455. The first-order valence-electron chi connectivity index (χ1n) is 1.56. The monoisotopic (exact) mass is 104 g/mol. The number of hydrogen-bond donors (Lipinski definition) is 0. The van der Waals surface area contributed by atoms with E-state index in [0.29, 0.717) is 0 Å². The van der Waals surface area contributed by atoms with Crippen LogP contribution in [0.5, 0.6) is 0 Å². The van der Waals surface area contributed by atoms with E-state index in [0.717, 1.165) is 0 Å². The van der Waals surface area contributed by atoms with Gasteiger partial charge >= 0.3 is 0 Å². The summed E-state index contributed by atoms with van der Waals surface area (Å²) in [5, 5.41) is 3.23. The van der Waals surface area contributed by atoms with Crippen LogP contribution >= 0.6 is 11.6 Å². The predicted molar refractivity (Wildman–Crippen MR) is 23.5 cm³/mol. The summed E-state index contributed by atoms with van der Waals surface area (Å²) in [5.74, 6) is 0. The second-order valence-corrected chi connectivity index (χ2v) is 1.44. The molecule has 0 amide bonds. The van der Waals surface area contributed by atoms with E-state index in [4.69, 9.17) is 11.6 Å². The summed E-state index contributed by atoms with van der Waals surface area (Å²) in [4.78, 5) is 4.37. The number of rotatable bonds is 0. The maximum Gasteiger partial charge on any atom is 0.189 e. The Hall–Kier alpha value is -0.240. The predicted octanol–water partition coefficient (Wildman–Crippen LogP) is 0.772. The van der Waals surface area contributed by atoms with Crippen molar-refractivity contribution in [1.82, 2.24) is 0 Å². The number of oxime groups is 1. The highest BCUT2D eigenvalue weighted by Gasteiger charge is 2.06. The van der Waals surface area contributed by atoms with Gasteiger partial charge in [0.2, 0.25) is 0 Å². The molecule has 0 aliphatic carbocycles. The van der Waals surface area contributed by atoms with Gasteiger partial charge in [0.05, 0.1) is 6.21 Å². The fraction of sp³-hybridized carbons (Fsp3) is 0.333. The lowest BCUT2D eigenvalue weighted by Crippen LogP contribution is -1.90. The molecule has 33 valence electrons. The Kier molecular flexibility index (Phi) is 0.965. The highest BCUT2D eigenvalue weighted by molar-refractivity contribution is 6.29. The van der Waals surface area contributed by atoms with Crippen LogP contribution in [0.2, 0.25) is 0 Å². The van der Waals surface area contributed by atoms with Gasteiger partial charge in [0, 0.05) is 0 Å². The Balaban J connectivity index is 2.38. The van der Waals surface area contributed by atoms with Crippen molar-refractivity contribution >= 4 is 17.8 Å². The lowest BCUT2D eigenvalue weighted by atomic mass is 10.5. The molecule has 0 bridgehead atoms. The molecule has 1 heterocycles. The molecule has 0 fully saturated rings. The average molecular weight is 105 g/mol. The number of hydrogen-bond acceptors (Lipinski definition) is 2. The smallest absolute Gasteiger partial charge is 0.189 e. The van der Waals surface area contributed by atoms with Crippen LogP contribution < -0.4 is 0 Å². The van der Waals surface area contributed by atoms with Crippen molar-refractivity contribution in [2.75, 3.05) is 0 Å². The number of halogens is 1. The molecule has 1 rings (SSSR count). The van der Waals surface area contributed by atoms with E-state index < -0.39 is 0 Å². The summed E-state index contributed by atoms with van der Waals surface area (Å²) in [7, 11) is 0. The minimum Gasteiger partial charge on any atom is -0.387 e. The topological polar surface area (TPSA) is 21.6 Å². The highest BCUT2D eigenvalue weighted by Crippen LogP contribution is 2.04. The van der Waals surface area contributed by atoms with E-state index >= 15 is 0 Å². The first kappa shape index (κ1) is 3.93. The fourth-order valence-corrected chi connectivity index (χ4v) is 0.314. The maximum atomic E-state index is 5.38. The van der Waals surface area contributed by atoms with E-state index in [2.05, 4.69) is 9.99 Å². The molecule has 1 unspecified atom stereocenters. The van der Waals surface area contributed by atoms with Crippen molar-refractivity contribution < 1.29 is 4.84 Å². The van der Waals surface area contributed by atoms with Gasteiger partial charge in [-0.3, -0.25) is 0 Å².